The van der Waals surface area contributed by atoms with Crippen molar-refractivity contribution in [1.29, 1.82) is 0 Å². The van der Waals surface area contributed by atoms with Gasteiger partial charge in [-0.1, -0.05) is 0 Å². The van der Waals surface area contributed by atoms with Crippen LogP contribution in [0.3, 0.4) is 0 Å². The van der Waals surface area contributed by atoms with E-state index in [1.54, 1.807) is 6.26 Å². The minimum atomic E-state index is 0.771. The molecule has 2 rings (SSSR count). The van der Waals surface area contributed by atoms with Crippen LogP contribution in [0.4, 0.5) is 0 Å². The maximum Gasteiger partial charge on any atom is 0.121 e. The first-order valence-electron chi connectivity index (χ1n) is 4.99. The van der Waals surface area contributed by atoms with Gasteiger partial charge in [-0.05, 0) is 36.4 Å². The summed E-state index contributed by atoms with van der Waals surface area (Å²) in [5.41, 5.74) is 2.49. The number of furan rings is 1. The second-order valence-electron chi connectivity index (χ2n) is 3.43. The van der Waals surface area contributed by atoms with Crippen LogP contribution in [0, 0.1) is 0 Å². The Balaban J connectivity index is 2.14. The average Bonchev–Trinajstić information content (AvgIpc) is 2.68. The van der Waals surface area contributed by atoms with Gasteiger partial charge in [0.2, 0.25) is 0 Å². The van der Waals surface area contributed by atoms with Gasteiger partial charge in [-0.3, -0.25) is 4.98 Å². The second kappa shape index (κ2) is 4.75. The first-order valence-corrected chi connectivity index (χ1v) is 4.99. The van der Waals surface area contributed by atoms with Crippen LogP contribution in [0.15, 0.2) is 41.3 Å². The number of pyridine rings is 1. The third kappa shape index (κ3) is 2.44. The highest BCUT2D eigenvalue weighted by atomic mass is 16.3. The maximum absolute atomic E-state index is 5.40. The number of hydrogen-bond acceptors (Lipinski definition) is 3. The minimum Gasteiger partial charge on any atom is -0.468 e. The van der Waals surface area contributed by atoms with Gasteiger partial charge in [0.05, 0.1) is 12.8 Å². The summed E-state index contributed by atoms with van der Waals surface area (Å²) in [6, 6.07) is 6.07. The fourth-order valence-electron chi connectivity index (χ4n) is 1.56. The van der Waals surface area contributed by atoms with Crippen molar-refractivity contribution >= 4 is 0 Å². The fraction of sp³-hybridized carbons (Fsp3) is 0.250. The average molecular weight is 202 g/mol. The Hall–Kier alpha value is -1.61. The van der Waals surface area contributed by atoms with Crippen molar-refractivity contribution < 1.29 is 4.42 Å². The van der Waals surface area contributed by atoms with Crippen molar-refractivity contribution in [3.63, 3.8) is 0 Å². The number of rotatable bonds is 4. The largest absolute Gasteiger partial charge is 0.468 e. The summed E-state index contributed by atoms with van der Waals surface area (Å²) in [4.78, 5) is 4.00. The topological polar surface area (TPSA) is 38.1 Å². The molecule has 0 atom stereocenters. The molecule has 0 saturated heterocycles. The molecule has 3 nitrogen and oxygen atoms in total. The van der Waals surface area contributed by atoms with Crippen molar-refractivity contribution in [3.05, 3.63) is 53.7 Å². The summed E-state index contributed by atoms with van der Waals surface area (Å²) in [6.45, 7) is 0.771. The van der Waals surface area contributed by atoms with Gasteiger partial charge >= 0.3 is 0 Å². The van der Waals surface area contributed by atoms with Crippen molar-refractivity contribution in [1.82, 2.24) is 10.3 Å². The Morgan fingerprint density at radius 1 is 1.27 bits per heavy atom. The molecule has 0 spiro atoms. The van der Waals surface area contributed by atoms with Crippen LogP contribution in [0.25, 0.3) is 0 Å². The summed E-state index contributed by atoms with van der Waals surface area (Å²) in [5, 5.41) is 3.09. The predicted octanol–water partition coefficient (Wildman–Crippen LogP) is 1.98. The first kappa shape index (κ1) is 9.93. The number of nitrogens with zero attached hydrogens (tertiary/aromatic N) is 1. The monoisotopic (exact) mass is 202 g/mol. The van der Waals surface area contributed by atoms with Crippen LogP contribution in [-0.2, 0) is 13.0 Å². The quantitative estimate of drug-likeness (QED) is 0.823. The summed E-state index contributed by atoms with van der Waals surface area (Å²) in [6.07, 6.45) is 6.26. The third-order valence-electron chi connectivity index (χ3n) is 2.32. The van der Waals surface area contributed by atoms with Gasteiger partial charge in [0.25, 0.3) is 0 Å². The van der Waals surface area contributed by atoms with Crippen molar-refractivity contribution in [2.45, 2.75) is 13.0 Å². The molecule has 0 bridgehead atoms. The van der Waals surface area contributed by atoms with E-state index in [4.69, 9.17) is 4.42 Å². The standard InChI is InChI=1S/C12H14N2O/c1-13-9-12-11(4-7-15-12)8-10-2-5-14-6-3-10/h2-7,13H,8-9H2,1H3. The van der Waals surface area contributed by atoms with Crippen molar-refractivity contribution in [2.75, 3.05) is 7.05 Å². The molecule has 0 aliphatic rings. The van der Waals surface area contributed by atoms with Gasteiger partial charge in [-0.25, -0.2) is 0 Å². The molecule has 0 radical (unpaired) electrons. The minimum absolute atomic E-state index is 0.771. The van der Waals surface area contributed by atoms with Crippen LogP contribution in [0.2, 0.25) is 0 Å². The number of hydrogen-bond donors (Lipinski definition) is 1. The number of nitrogens with one attached hydrogen (secondary N) is 1. The van der Waals surface area contributed by atoms with E-state index in [0.717, 1.165) is 18.7 Å². The highest BCUT2D eigenvalue weighted by Gasteiger charge is 2.05. The van der Waals surface area contributed by atoms with Crippen LogP contribution in [-0.4, -0.2) is 12.0 Å². The molecule has 2 heterocycles. The zero-order chi connectivity index (χ0) is 10.5. The number of aromatic nitrogens is 1. The normalized spacial score (nSPS) is 10.5. The summed E-state index contributed by atoms with van der Waals surface area (Å²) >= 11 is 0. The molecule has 0 unspecified atom stereocenters. The van der Waals surface area contributed by atoms with E-state index in [2.05, 4.69) is 10.3 Å². The van der Waals surface area contributed by atoms with E-state index in [-0.39, 0.29) is 0 Å². The van der Waals surface area contributed by atoms with E-state index in [1.807, 2.05) is 37.6 Å². The lowest BCUT2D eigenvalue weighted by Crippen LogP contribution is -2.06. The molecule has 0 saturated carbocycles. The maximum atomic E-state index is 5.40. The fourth-order valence-corrected chi connectivity index (χ4v) is 1.56. The highest BCUT2D eigenvalue weighted by Crippen LogP contribution is 2.14. The Morgan fingerprint density at radius 2 is 2.07 bits per heavy atom. The predicted molar refractivity (Wildman–Crippen MR) is 58.5 cm³/mol. The molecule has 78 valence electrons. The molecule has 0 amide bonds. The first-order chi connectivity index (χ1) is 7.40. The van der Waals surface area contributed by atoms with Crippen LogP contribution >= 0.6 is 0 Å². The summed E-state index contributed by atoms with van der Waals surface area (Å²) < 4.78 is 5.40. The van der Waals surface area contributed by atoms with E-state index >= 15 is 0 Å². The smallest absolute Gasteiger partial charge is 0.121 e. The summed E-state index contributed by atoms with van der Waals surface area (Å²) in [7, 11) is 1.92. The molecule has 0 aromatic carbocycles. The molecule has 1 N–H and O–H groups in total. The zero-order valence-electron chi connectivity index (χ0n) is 8.73. The van der Waals surface area contributed by atoms with Gasteiger partial charge in [0, 0.05) is 18.8 Å². The van der Waals surface area contributed by atoms with Gasteiger partial charge in [0.15, 0.2) is 0 Å². The van der Waals surface area contributed by atoms with Crippen LogP contribution in [0.5, 0.6) is 0 Å². The molecule has 3 heteroatoms. The van der Waals surface area contributed by atoms with E-state index < -0.39 is 0 Å². The lowest BCUT2D eigenvalue weighted by atomic mass is 10.1. The summed E-state index contributed by atoms with van der Waals surface area (Å²) in [5.74, 6) is 1.01. The van der Waals surface area contributed by atoms with Gasteiger partial charge < -0.3 is 9.73 Å². The molecular formula is C12H14N2O. The molecule has 0 fully saturated rings. The molecule has 0 aliphatic heterocycles. The molecule has 0 aliphatic carbocycles. The van der Waals surface area contributed by atoms with Gasteiger partial charge in [-0.15, -0.1) is 0 Å². The van der Waals surface area contributed by atoms with E-state index in [9.17, 15) is 0 Å². The zero-order valence-corrected chi connectivity index (χ0v) is 8.73. The van der Waals surface area contributed by atoms with Gasteiger partial charge in [-0.2, -0.15) is 0 Å². The lowest BCUT2D eigenvalue weighted by molar-refractivity contribution is 0.491. The SMILES string of the molecule is CNCc1occc1Cc1ccncc1. The van der Waals surface area contributed by atoms with Gasteiger partial charge in [0.1, 0.15) is 5.76 Å². The Morgan fingerprint density at radius 3 is 2.80 bits per heavy atom. The van der Waals surface area contributed by atoms with E-state index in [0.29, 0.717) is 0 Å². The van der Waals surface area contributed by atoms with Crippen molar-refractivity contribution in [2.24, 2.45) is 0 Å². The van der Waals surface area contributed by atoms with Crippen molar-refractivity contribution in [3.8, 4) is 0 Å². The highest BCUT2D eigenvalue weighted by molar-refractivity contribution is 5.25. The molecular weight excluding hydrogens is 188 g/mol. The molecule has 2 aromatic heterocycles. The Labute approximate surface area is 89.1 Å². The Bertz CT molecular complexity index is 409. The van der Waals surface area contributed by atoms with E-state index in [1.165, 1.54) is 11.1 Å². The van der Waals surface area contributed by atoms with Crippen LogP contribution in [0.1, 0.15) is 16.9 Å². The third-order valence-corrected chi connectivity index (χ3v) is 2.32. The lowest BCUT2D eigenvalue weighted by Gasteiger charge is -2.01. The van der Waals surface area contributed by atoms with Crippen LogP contribution < -0.4 is 5.32 Å². The second-order valence-corrected chi connectivity index (χ2v) is 3.43. The molecule has 2 aromatic rings. The Kier molecular flexibility index (Phi) is 3.15. The molecule has 15 heavy (non-hydrogen) atoms.